The first-order valence-corrected chi connectivity index (χ1v) is 11.3. The summed E-state index contributed by atoms with van der Waals surface area (Å²) in [5.41, 5.74) is 0.952. The van der Waals surface area contributed by atoms with Crippen molar-refractivity contribution in [3.63, 3.8) is 0 Å². The lowest BCUT2D eigenvalue weighted by molar-refractivity contribution is -0.140. The number of likely N-dealkylation sites (tertiary alicyclic amines) is 1. The molecule has 1 aliphatic rings. The van der Waals surface area contributed by atoms with E-state index in [0.29, 0.717) is 19.6 Å². The molecule has 2 aromatic rings. The molecule has 7 nitrogen and oxygen atoms in total. The van der Waals surface area contributed by atoms with Crippen LogP contribution in [0.25, 0.3) is 5.76 Å². The molecule has 172 valence electrons. The molecule has 1 unspecified atom stereocenters. The van der Waals surface area contributed by atoms with Gasteiger partial charge in [0.2, 0.25) is 0 Å². The van der Waals surface area contributed by atoms with Gasteiger partial charge >= 0.3 is 0 Å². The summed E-state index contributed by atoms with van der Waals surface area (Å²) < 4.78 is 15.7. The number of hydrogen-bond acceptors (Lipinski definition) is 7. The Kier molecular flexibility index (Phi) is 7.71. The molecule has 0 spiro atoms. The fourth-order valence-corrected chi connectivity index (χ4v) is 5.45. The summed E-state index contributed by atoms with van der Waals surface area (Å²) in [5, 5.41) is 13.3. The van der Waals surface area contributed by atoms with Crippen molar-refractivity contribution in [3.8, 4) is 11.5 Å². The highest BCUT2D eigenvalue weighted by molar-refractivity contribution is 7.10. The number of halogens is 2. The summed E-state index contributed by atoms with van der Waals surface area (Å²) in [6.45, 7) is 2.61. The summed E-state index contributed by atoms with van der Waals surface area (Å²) in [4.78, 5) is 28.3. The molecule has 1 amide bonds. The standard InChI is InChI=1S/C22H23Cl2NO6S/c1-11-6-9-32-21(11)16-14(18(27)22(28)25(16)7-5-8-29-2)17(26)12-10-13(23)20(31-4)15(24)19(12)30-3/h6,9-10,16,26H,5,7-8H2,1-4H3/b17-14+. The normalized spacial score (nSPS) is 17.8. The minimum atomic E-state index is -0.789. The van der Waals surface area contributed by atoms with Gasteiger partial charge in [-0.3, -0.25) is 9.59 Å². The maximum absolute atomic E-state index is 13.1. The van der Waals surface area contributed by atoms with Gasteiger partial charge in [0.25, 0.3) is 11.7 Å². The number of thiophene rings is 1. The first-order valence-electron chi connectivity index (χ1n) is 9.70. The number of carbonyl (C=O) groups is 2. The number of hydrogen-bond donors (Lipinski definition) is 1. The minimum absolute atomic E-state index is 0.0437. The van der Waals surface area contributed by atoms with Crippen molar-refractivity contribution >= 4 is 52.0 Å². The summed E-state index contributed by atoms with van der Waals surface area (Å²) >= 11 is 14.1. The van der Waals surface area contributed by atoms with Crippen LogP contribution in [-0.4, -0.2) is 56.2 Å². The summed E-state index contributed by atoms with van der Waals surface area (Å²) in [6, 6.07) is 2.55. The Balaban J connectivity index is 2.24. The largest absolute Gasteiger partial charge is 0.507 e. The molecule has 1 N–H and O–H groups in total. The van der Waals surface area contributed by atoms with Gasteiger partial charge in [-0.1, -0.05) is 23.2 Å². The highest BCUT2D eigenvalue weighted by Gasteiger charge is 2.47. The number of aryl methyl sites for hydroxylation is 1. The number of Topliss-reactive ketones (excluding diaryl/α,β-unsaturated/α-hetero) is 1. The van der Waals surface area contributed by atoms with Crippen molar-refractivity contribution in [2.75, 3.05) is 34.5 Å². The molecular weight excluding hydrogens is 477 g/mol. The van der Waals surface area contributed by atoms with Crippen LogP contribution in [0.4, 0.5) is 0 Å². The third-order valence-corrected chi connectivity index (χ3v) is 6.93. The van der Waals surface area contributed by atoms with Crippen molar-refractivity contribution in [2.45, 2.75) is 19.4 Å². The molecule has 1 aliphatic heterocycles. The smallest absolute Gasteiger partial charge is 0.295 e. The molecule has 0 aliphatic carbocycles. The molecule has 32 heavy (non-hydrogen) atoms. The number of ketones is 1. The number of benzene rings is 1. The van der Waals surface area contributed by atoms with Crippen LogP contribution in [0, 0.1) is 6.92 Å². The van der Waals surface area contributed by atoms with Crippen LogP contribution >= 0.6 is 34.5 Å². The van der Waals surface area contributed by atoms with Gasteiger partial charge < -0.3 is 24.2 Å². The van der Waals surface area contributed by atoms with Crippen LogP contribution < -0.4 is 9.47 Å². The number of carbonyl (C=O) groups excluding carboxylic acids is 2. The van der Waals surface area contributed by atoms with Crippen LogP contribution in [0.1, 0.15) is 28.5 Å². The maximum atomic E-state index is 13.1. The second-order valence-corrected chi connectivity index (χ2v) is 8.83. The molecule has 0 radical (unpaired) electrons. The Bertz CT molecular complexity index is 1080. The topological polar surface area (TPSA) is 85.3 Å². The van der Waals surface area contributed by atoms with E-state index in [2.05, 4.69) is 0 Å². The first kappa shape index (κ1) is 24.4. The van der Waals surface area contributed by atoms with Gasteiger partial charge in [-0.25, -0.2) is 0 Å². The molecular formula is C22H23Cl2NO6S. The predicted molar refractivity (Wildman–Crippen MR) is 124 cm³/mol. The molecule has 0 bridgehead atoms. The van der Waals surface area contributed by atoms with Gasteiger partial charge in [-0.15, -0.1) is 11.3 Å². The molecule has 10 heteroatoms. The van der Waals surface area contributed by atoms with Crippen LogP contribution in [-0.2, 0) is 14.3 Å². The Morgan fingerprint density at radius 2 is 1.88 bits per heavy atom. The van der Waals surface area contributed by atoms with Crippen molar-refractivity contribution in [1.82, 2.24) is 4.90 Å². The molecule has 1 aromatic heterocycles. The average molecular weight is 500 g/mol. The van der Waals surface area contributed by atoms with E-state index in [1.54, 1.807) is 7.11 Å². The van der Waals surface area contributed by atoms with E-state index >= 15 is 0 Å². The SMILES string of the molecule is COCCCN1C(=O)C(=O)/C(=C(/O)c2cc(Cl)c(OC)c(Cl)c2OC)C1c1sccc1C. The number of rotatable bonds is 8. The van der Waals surface area contributed by atoms with E-state index in [-0.39, 0.29) is 32.7 Å². The number of methoxy groups -OCH3 is 3. The highest BCUT2D eigenvalue weighted by Crippen LogP contribution is 2.48. The summed E-state index contributed by atoms with van der Waals surface area (Å²) in [6.07, 6.45) is 0.536. The summed E-state index contributed by atoms with van der Waals surface area (Å²) in [7, 11) is 4.34. The first-order chi connectivity index (χ1) is 15.3. The van der Waals surface area contributed by atoms with E-state index in [1.807, 2.05) is 18.4 Å². The lowest BCUT2D eigenvalue weighted by Gasteiger charge is -2.25. The van der Waals surface area contributed by atoms with Crippen LogP contribution in [0.3, 0.4) is 0 Å². The molecule has 1 saturated heterocycles. The van der Waals surface area contributed by atoms with E-state index < -0.39 is 23.5 Å². The van der Waals surface area contributed by atoms with Gasteiger partial charge in [-0.2, -0.15) is 0 Å². The number of aliphatic hydroxyl groups is 1. The van der Waals surface area contributed by atoms with E-state index in [9.17, 15) is 14.7 Å². The third kappa shape index (κ3) is 4.20. The Morgan fingerprint density at radius 3 is 2.44 bits per heavy atom. The van der Waals surface area contributed by atoms with Gasteiger partial charge in [-0.05, 0) is 36.4 Å². The molecule has 0 saturated carbocycles. The van der Waals surface area contributed by atoms with Gasteiger partial charge in [0.05, 0.1) is 36.4 Å². The monoisotopic (exact) mass is 499 g/mol. The number of amides is 1. The number of nitrogens with zero attached hydrogens (tertiary/aromatic N) is 1. The van der Waals surface area contributed by atoms with Crippen molar-refractivity contribution < 1.29 is 28.9 Å². The Morgan fingerprint density at radius 1 is 1.19 bits per heavy atom. The van der Waals surface area contributed by atoms with E-state index in [0.717, 1.165) is 10.4 Å². The van der Waals surface area contributed by atoms with Gasteiger partial charge in [0, 0.05) is 25.1 Å². The Hall–Kier alpha value is -2.26. The fourth-order valence-electron chi connectivity index (χ4n) is 3.72. The van der Waals surface area contributed by atoms with Crippen molar-refractivity contribution in [3.05, 3.63) is 49.1 Å². The quantitative estimate of drug-likeness (QED) is 0.242. The zero-order valence-electron chi connectivity index (χ0n) is 18.0. The minimum Gasteiger partial charge on any atom is -0.507 e. The maximum Gasteiger partial charge on any atom is 0.295 e. The second kappa shape index (κ2) is 10.1. The van der Waals surface area contributed by atoms with E-state index in [1.165, 1.54) is 36.5 Å². The Labute approximate surface area is 200 Å². The molecule has 2 heterocycles. The molecule has 3 rings (SSSR count). The van der Waals surface area contributed by atoms with E-state index in [4.69, 9.17) is 37.4 Å². The summed E-state index contributed by atoms with van der Waals surface area (Å²) in [5.74, 6) is -1.64. The third-order valence-electron chi connectivity index (χ3n) is 5.23. The lowest BCUT2D eigenvalue weighted by atomic mass is 9.97. The van der Waals surface area contributed by atoms with Crippen LogP contribution in [0.15, 0.2) is 23.1 Å². The van der Waals surface area contributed by atoms with Crippen LogP contribution in [0.2, 0.25) is 10.0 Å². The van der Waals surface area contributed by atoms with Crippen molar-refractivity contribution in [2.24, 2.45) is 0 Å². The average Bonchev–Trinajstić information content (AvgIpc) is 3.29. The molecule has 1 aromatic carbocycles. The van der Waals surface area contributed by atoms with Gasteiger partial charge in [0.15, 0.2) is 11.5 Å². The molecule has 1 fully saturated rings. The highest BCUT2D eigenvalue weighted by atomic mass is 35.5. The zero-order valence-corrected chi connectivity index (χ0v) is 20.4. The lowest BCUT2D eigenvalue weighted by Crippen LogP contribution is -2.31. The zero-order chi connectivity index (χ0) is 23.6. The van der Waals surface area contributed by atoms with Crippen LogP contribution in [0.5, 0.6) is 11.5 Å². The second-order valence-electron chi connectivity index (χ2n) is 7.09. The predicted octanol–water partition coefficient (Wildman–Crippen LogP) is 4.84. The van der Waals surface area contributed by atoms with Gasteiger partial charge in [0.1, 0.15) is 10.8 Å². The molecule has 1 atom stereocenters. The fraction of sp³-hybridized carbons (Fsp3) is 0.364. The number of aliphatic hydroxyl groups excluding tert-OH is 1. The number of ether oxygens (including phenoxy) is 3. The van der Waals surface area contributed by atoms with Crippen molar-refractivity contribution in [1.29, 1.82) is 0 Å².